The highest BCUT2D eigenvalue weighted by Gasteiger charge is 2.23. The van der Waals surface area contributed by atoms with Crippen LogP contribution in [0.15, 0.2) is 18.2 Å². The van der Waals surface area contributed by atoms with Crippen LogP contribution in [0.1, 0.15) is 28.0 Å². The Kier molecular flexibility index (Phi) is 3.49. The maximum Gasteiger partial charge on any atom is 0.352 e. The van der Waals surface area contributed by atoms with E-state index in [0.717, 1.165) is 42.5 Å². The molecule has 0 aliphatic carbocycles. The molecule has 0 amide bonds. The van der Waals surface area contributed by atoms with Crippen LogP contribution in [0.25, 0.3) is 10.9 Å². The summed E-state index contributed by atoms with van der Waals surface area (Å²) in [5.41, 5.74) is 3.82. The number of fused-ring (bicyclic) bond motifs is 1. The van der Waals surface area contributed by atoms with E-state index in [1.165, 1.54) is 5.56 Å². The van der Waals surface area contributed by atoms with E-state index in [4.69, 9.17) is 0 Å². The summed E-state index contributed by atoms with van der Waals surface area (Å²) >= 11 is 0. The van der Waals surface area contributed by atoms with Gasteiger partial charge in [0.25, 0.3) is 0 Å². The molecule has 1 aliphatic heterocycles. The Hall–Kier alpha value is -1.81. The number of aromatic nitrogens is 1. The number of benzene rings is 1. The van der Waals surface area contributed by atoms with Crippen molar-refractivity contribution in [1.29, 1.82) is 0 Å². The van der Waals surface area contributed by atoms with E-state index in [1.807, 2.05) is 10.6 Å². The molecule has 2 aromatic rings. The van der Waals surface area contributed by atoms with Crippen LogP contribution >= 0.6 is 0 Å². The summed E-state index contributed by atoms with van der Waals surface area (Å²) < 4.78 is 2.01. The first kappa shape index (κ1) is 14.1. The first-order chi connectivity index (χ1) is 9.95. The number of hydrogen-bond acceptors (Lipinski definition) is 2. The number of hydrogen-bond donors (Lipinski definition) is 1. The van der Waals surface area contributed by atoms with E-state index < -0.39 is 5.97 Å². The molecule has 4 heteroatoms. The second-order valence-corrected chi connectivity index (χ2v) is 6.38. The van der Waals surface area contributed by atoms with Crippen molar-refractivity contribution in [3.05, 3.63) is 35.0 Å². The van der Waals surface area contributed by atoms with Crippen LogP contribution in [0.3, 0.4) is 0 Å². The smallest absolute Gasteiger partial charge is 0.352 e. The minimum atomic E-state index is -0.838. The summed E-state index contributed by atoms with van der Waals surface area (Å²) in [5, 5.41) is 10.6. The van der Waals surface area contributed by atoms with Gasteiger partial charge in [-0.1, -0.05) is 11.6 Å². The van der Waals surface area contributed by atoms with Crippen LogP contribution in [-0.4, -0.2) is 40.7 Å². The number of aromatic carboxylic acids is 1. The number of nitrogens with zero attached hydrogens (tertiary/aromatic N) is 2. The molecule has 3 rings (SSSR count). The van der Waals surface area contributed by atoms with Crippen LogP contribution in [0.2, 0.25) is 0 Å². The summed E-state index contributed by atoms with van der Waals surface area (Å²) in [6.07, 6.45) is 1.14. The minimum absolute atomic E-state index is 0.410. The Bertz CT molecular complexity index is 702. The summed E-state index contributed by atoms with van der Waals surface area (Å²) in [6.45, 7) is 7.06. The maximum atomic E-state index is 11.6. The summed E-state index contributed by atoms with van der Waals surface area (Å²) in [6, 6.07) is 6.02. The first-order valence-corrected chi connectivity index (χ1v) is 7.48. The van der Waals surface area contributed by atoms with Gasteiger partial charge in [0.1, 0.15) is 5.69 Å². The number of aryl methyl sites for hydroxylation is 2. The number of carboxylic acids is 1. The highest BCUT2D eigenvalue weighted by Crippen LogP contribution is 2.28. The summed E-state index contributed by atoms with van der Waals surface area (Å²) in [7, 11) is 2.13. The Balaban J connectivity index is 2.09. The molecule has 2 heterocycles. The lowest BCUT2D eigenvalue weighted by Gasteiger charge is -2.15. The Labute approximate surface area is 125 Å². The van der Waals surface area contributed by atoms with Crippen LogP contribution < -0.4 is 0 Å². The molecule has 1 atom stereocenters. The van der Waals surface area contributed by atoms with E-state index in [-0.39, 0.29) is 0 Å². The zero-order valence-electron chi connectivity index (χ0n) is 12.9. The topological polar surface area (TPSA) is 45.5 Å². The van der Waals surface area contributed by atoms with Gasteiger partial charge in [-0.2, -0.15) is 0 Å². The highest BCUT2D eigenvalue weighted by atomic mass is 16.4. The summed E-state index contributed by atoms with van der Waals surface area (Å²) in [5.74, 6) is -0.306. The molecule has 1 N–H and O–H groups in total. The van der Waals surface area contributed by atoms with Crippen molar-refractivity contribution >= 4 is 16.9 Å². The second kappa shape index (κ2) is 5.19. The summed E-state index contributed by atoms with van der Waals surface area (Å²) in [4.78, 5) is 13.9. The molecule has 0 bridgehead atoms. The quantitative estimate of drug-likeness (QED) is 0.943. The average molecular weight is 286 g/mol. The third-order valence-corrected chi connectivity index (χ3v) is 4.48. The maximum absolute atomic E-state index is 11.6. The van der Waals surface area contributed by atoms with Gasteiger partial charge in [0, 0.05) is 18.5 Å². The fraction of sp³-hybridized carbons (Fsp3) is 0.471. The zero-order chi connectivity index (χ0) is 15.1. The van der Waals surface area contributed by atoms with E-state index in [1.54, 1.807) is 0 Å². The molecular formula is C17H22N2O2. The van der Waals surface area contributed by atoms with E-state index in [0.29, 0.717) is 11.6 Å². The number of carbonyl (C=O) groups is 1. The van der Waals surface area contributed by atoms with E-state index in [2.05, 4.69) is 37.9 Å². The number of likely N-dealkylation sites (tertiary alicyclic amines) is 1. The number of rotatable bonds is 3. The van der Waals surface area contributed by atoms with Crippen molar-refractivity contribution in [2.75, 3.05) is 20.1 Å². The van der Waals surface area contributed by atoms with Crippen molar-refractivity contribution in [2.24, 2.45) is 5.92 Å². The largest absolute Gasteiger partial charge is 0.477 e. The van der Waals surface area contributed by atoms with Gasteiger partial charge < -0.3 is 14.6 Å². The third-order valence-electron chi connectivity index (χ3n) is 4.48. The van der Waals surface area contributed by atoms with Gasteiger partial charge in [0.2, 0.25) is 0 Å². The van der Waals surface area contributed by atoms with Gasteiger partial charge in [-0.25, -0.2) is 4.79 Å². The Morgan fingerprint density at radius 3 is 2.71 bits per heavy atom. The van der Waals surface area contributed by atoms with Crippen LogP contribution in [-0.2, 0) is 6.54 Å². The van der Waals surface area contributed by atoms with E-state index >= 15 is 0 Å². The molecule has 1 aliphatic rings. The molecule has 4 nitrogen and oxygen atoms in total. The molecule has 0 radical (unpaired) electrons. The Morgan fingerprint density at radius 1 is 1.33 bits per heavy atom. The van der Waals surface area contributed by atoms with Gasteiger partial charge in [0.05, 0.1) is 5.52 Å². The monoisotopic (exact) mass is 286 g/mol. The van der Waals surface area contributed by atoms with E-state index in [9.17, 15) is 9.90 Å². The molecule has 1 aromatic heterocycles. The molecule has 1 unspecified atom stereocenters. The molecule has 21 heavy (non-hydrogen) atoms. The standard InChI is InChI=1S/C17H22N2O2/c1-11-6-12(2)16-14(7-11)8-15(17(20)21)19(16)10-13-4-5-18(3)9-13/h6-8,13H,4-5,9-10H2,1-3H3,(H,20,21). The first-order valence-electron chi connectivity index (χ1n) is 7.48. The van der Waals surface area contributed by atoms with Gasteiger partial charge >= 0.3 is 5.97 Å². The molecule has 112 valence electrons. The normalized spacial score (nSPS) is 19.5. The SMILES string of the molecule is Cc1cc(C)c2c(c1)cc(C(=O)O)n2CC1CCN(C)C1. The van der Waals surface area contributed by atoms with Crippen molar-refractivity contribution in [3.63, 3.8) is 0 Å². The van der Waals surface area contributed by atoms with Crippen molar-refractivity contribution in [2.45, 2.75) is 26.8 Å². The predicted molar refractivity (Wildman–Crippen MR) is 84.0 cm³/mol. The highest BCUT2D eigenvalue weighted by molar-refractivity contribution is 5.96. The van der Waals surface area contributed by atoms with Gasteiger partial charge in [-0.3, -0.25) is 0 Å². The van der Waals surface area contributed by atoms with Crippen LogP contribution in [0, 0.1) is 19.8 Å². The lowest BCUT2D eigenvalue weighted by atomic mass is 10.1. The van der Waals surface area contributed by atoms with Crippen LogP contribution in [0.5, 0.6) is 0 Å². The van der Waals surface area contributed by atoms with Gasteiger partial charge in [-0.05, 0) is 57.5 Å². The lowest BCUT2D eigenvalue weighted by Crippen LogP contribution is -2.19. The predicted octanol–water partition coefficient (Wildman–Crippen LogP) is 2.91. The number of carboxylic acid groups (broad SMARTS) is 1. The third kappa shape index (κ3) is 2.56. The fourth-order valence-electron chi connectivity index (χ4n) is 3.62. The zero-order valence-corrected chi connectivity index (χ0v) is 12.9. The minimum Gasteiger partial charge on any atom is -0.477 e. The van der Waals surface area contributed by atoms with Gasteiger partial charge in [-0.15, -0.1) is 0 Å². The Morgan fingerprint density at radius 2 is 2.10 bits per heavy atom. The lowest BCUT2D eigenvalue weighted by molar-refractivity contribution is 0.0684. The van der Waals surface area contributed by atoms with Crippen molar-refractivity contribution in [1.82, 2.24) is 9.47 Å². The molecule has 1 fully saturated rings. The van der Waals surface area contributed by atoms with Crippen molar-refractivity contribution in [3.8, 4) is 0 Å². The molecular weight excluding hydrogens is 264 g/mol. The molecule has 1 aromatic carbocycles. The van der Waals surface area contributed by atoms with Gasteiger partial charge in [0.15, 0.2) is 0 Å². The molecule has 0 saturated carbocycles. The average Bonchev–Trinajstić information content (AvgIpc) is 2.94. The molecule has 1 saturated heterocycles. The molecule has 0 spiro atoms. The second-order valence-electron chi connectivity index (χ2n) is 6.38. The fourth-order valence-corrected chi connectivity index (χ4v) is 3.62. The van der Waals surface area contributed by atoms with Crippen LogP contribution in [0.4, 0.5) is 0 Å². The van der Waals surface area contributed by atoms with Crippen molar-refractivity contribution < 1.29 is 9.90 Å².